The molecule has 0 aromatic carbocycles. The van der Waals surface area contributed by atoms with Gasteiger partial charge in [-0.25, -0.2) is 0 Å². The summed E-state index contributed by atoms with van der Waals surface area (Å²) in [7, 11) is 0. The summed E-state index contributed by atoms with van der Waals surface area (Å²) in [6.45, 7) is 1.38. The molecule has 4 saturated carbocycles. The summed E-state index contributed by atoms with van der Waals surface area (Å²) in [5.41, 5.74) is -1.05. The third-order valence-corrected chi connectivity index (χ3v) is 8.77. The highest BCUT2D eigenvalue weighted by Gasteiger charge is 2.59. The van der Waals surface area contributed by atoms with Crippen LogP contribution in [0, 0.1) is 34.5 Å². The standard InChI is InChI=1S/C24H33N5O3/c25-12-19-3-1-5-28(19)21(30)14-27(15-22(31)29-6-2-4-20(29)13-26)23-8-17-7-18(9-23)11-24(32,10-17)16-23/h17-20,32H,1-11,14-16H2/t17?,18?,19-,20+,23?,24?. The number of hydrogen-bond acceptors (Lipinski definition) is 6. The molecule has 172 valence electrons. The maximum Gasteiger partial charge on any atom is 0.237 e. The average molecular weight is 440 g/mol. The van der Waals surface area contributed by atoms with Crippen LogP contribution in [-0.4, -0.2) is 81.0 Å². The number of amides is 2. The van der Waals surface area contributed by atoms with E-state index in [-0.39, 0.29) is 42.5 Å². The van der Waals surface area contributed by atoms with E-state index in [1.165, 1.54) is 0 Å². The second-order valence-corrected chi connectivity index (χ2v) is 11.0. The summed E-state index contributed by atoms with van der Waals surface area (Å²) in [6.07, 6.45) is 8.28. The van der Waals surface area contributed by atoms with Crippen LogP contribution in [0.25, 0.3) is 0 Å². The number of carbonyl (C=O) groups is 2. The first-order valence-corrected chi connectivity index (χ1v) is 12.2. The van der Waals surface area contributed by atoms with Crippen molar-refractivity contribution >= 4 is 11.8 Å². The van der Waals surface area contributed by atoms with Crippen LogP contribution in [0.15, 0.2) is 0 Å². The molecule has 2 unspecified atom stereocenters. The van der Waals surface area contributed by atoms with Crippen molar-refractivity contribution in [1.29, 1.82) is 10.5 Å². The summed E-state index contributed by atoms with van der Waals surface area (Å²) >= 11 is 0. The molecular formula is C24H33N5O3. The lowest BCUT2D eigenvalue weighted by atomic mass is 9.50. The zero-order valence-electron chi connectivity index (χ0n) is 18.7. The SMILES string of the molecule is N#C[C@@H]1CCCN1C(=O)CN(CC(=O)N1CCC[C@@H]1C#N)C12CC3CC(CC(O)(C3)C1)C2. The van der Waals surface area contributed by atoms with Gasteiger partial charge < -0.3 is 14.9 Å². The first kappa shape index (κ1) is 21.7. The van der Waals surface area contributed by atoms with E-state index >= 15 is 0 Å². The Morgan fingerprint density at radius 2 is 1.41 bits per heavy atom. The molecule has 8 nitrogen and oxygen atoms in total. The van der Waals surface area contributed by atoms with Gasteiger partial charge in [0.05, 0.1) is 30.8 Å². The minimum atomic E-state index is -0.694. The smallest absolute Gasteiger partial charge is 0.237 e. The third-order valence-electron chi connectivity index (χ3n) is 8.77. The van der Waals surface area contributed by atoms with Crippen molar-refractivity contribution in [2.45, 2.75) is 87.4 Å². The van der Waals surface area contributed by atoms with Gasteiger partial charge in [0.25, 0.3) is 0 Å². The molecule has 1 N–H and O–H groups in total. The summed E-state index contributed by atoms with van der Waals surface area (Å²) in [4.78, 5) is 32.0. The summed E-state index contributed by atoms with van der Waals surface area (Å²) < 4.78 is 0. The first-order valence-electron chi connectivity index (χ1n) is 12.2. The van der Waals surface area contributed by atoms with Gasteiger partial charge in [0.2, 0.25) is 11.8 Å². The van der Waals surface area contributed by atoms with Gasteiger partial charge in [0.1, 0.15) is 12.1 Å². The van der Waals surface area contributed by atoms with Crippen LogP contribution in [0.3, 0.4) is 0 Å². The molecule has 2 heterocycles. The van der Waals surface area contributed by atoms with E-state index < -0.39 is 5.60 Å². The Morgan fingerprint density at radius 1 is 0.906 bits per heavy atom. The molecular weight excluding hydrogens is 406 g/mol. The zero-order chi connectivity index (χ0) is 22.5. The summed E-state index contributed by atoms with van der Waals surface area (Å²) in [5, 5.41) is 30.2. The van der Waals surface area contributed by atoms with Gasteiger partial charge in [-0.1, -0.05) is 0 Å². The highest BCUT2D eigenvalue weighted by Crippen LogP contribution is 2.59. The maximum atomic E-state index is 13.3. The lowest BCUT2D eigenvalue weighted by Gasteiger charge is -2.63. The Kier molecular flexibility index (Phi) is 5.42. The predicted molar refractivity (Wildman–Crippen MR) is 115 cm³/mol. The van der Waals surface area contributed by atoms with Gasteiger partial charge in [-0.05, 0) is 76.0 Å². The highest BCUT2D eigenvalue weighted by atomic mass is 16.3. The first-order chi connectivity index (χ1) is 15.3. The number of hydrogen-bond donors (Lipinski definition) is 1. The van der Waals surface area contributed by atoms with Crippen LogP contribution in [0.2, 0.25) is 0 Å². The number of nitriles is 2. The van der Waals surface area contributed by atoms with E-state index in [1.807, 2.05) is 4.90 Å². The van der Waals surface area contributed by atoms with Crippen molar-refractivity contribution in [2.24, 2.45) is 11.8 Å². The van der Waals surface area contributed by atoms with E-state index in [4.69, 9.17) is 0 Å². The van der Waals surface area contributed by atoms with Crippen LogP contribution < -0.4 is 0 Å². The van der Waals surface area contributed by atoms with Crippen LogP contribution in [0.1, 0.15) is 64.2 Å². The number of carbonyl (C=O) groups excluding carboxylic acids is 2. The number of rotatable bonds is 5. The minimum absolute atomic E-state index is 0.0946. The quantitative estimate of drug-likeness (QED) is 0.693. The molecule has 4 atom stereocenters. The molecule has 2 saturated heterocycles. The van der Waals surface area contributed by atoms with E-state index in [2.05, 4.69) is 12.1 Å². The van der Waals surface area contributed by atoms with Crippen molar-refractivity contribution in [1.82, 2.24) is 14.7 Å². The van der Waals surface area contributed by atoms with E-state index in [0.717, 1.165) is 44.9 Å². The Hall–Kier alpha value is -2.16. The largest absolute Gasteiger partial charge is 0.390 e. The van der Waals surface area contributed by atoms with E-state index in [0.29, 0.717) is 44.2 Å². The Bertz CT molecular complexity index is 816. The molecule has 4 bridgehead atoms. The molecule has 0 radical (unpaired) electrons. The Balaban J connectivity index is 1.40. The highest BCUT2D eigenvalue weighted by molar-refractivity contribution is 5.82. The van der Waals surface area contributed by atoms with Crippen molar-refractivity contribution in [2.75, 3.05) is 26.2 Å². The molecule has 2 amide bonds. The molecule has 8 heteroatoms. The second-order valence-electron chi connectivity index (χ2n) is 11.0. The number of likely N-dealkylation sites (tertiary alicyclic amines) is 2. The summed E-state index contributed by atoms with van der Waals surface area (Å²) in [5.74, 6) is 0.683. The minimum Gasteiger partial charge on any atom is -0.390 e. The molecule has 4 aliphatic carbocycles. The Labute approximate surface area is 189 Å². The fraction of sp³-hybridized carbons (Fsp3) is 0.833. The van der Waals surface area contributed by atoms with Gasteiger partial charge >= 0.3 is 0 Å². The maximum absolute atomic E-state index is 13.3. The fourth-order valence-corrected chi connectivity index (χ4v) is 7.83. The van der Waals surface area contributed by atoms with Crippen LogP contribution in [0.5, 0.6) is 0 Å². The molecule has 0 aromatic rings. The molecule has 6 fully saturated rings. The van der Waals surface area contributed by atoms with Crippen molar-refractivity contribution in [3.63, 3.8) is 0 Å². The number of nitrogens with zero attached hydrogens (tertiary/aromatic N) is 5. The Morgan fingerprint density at radius 3 is 1.84 bits per heavy atom. The number of aliphatic hydroxyl groups is 1. The van der Waals surface area contributed by atoms with Crippen molar-refractivity contribution in [3.05, 3.63) is 0 Å². The average Bonchev–Trinajstić information content (AvgIpc) is 3.40. The van der Waals surface area contributed by atoms with Crippen LogP contribution in [-0.2, 0) is 9.59 Å². The van der Waals surface area contributed by atoms with E-state index in [1.54, 1.807) is 9.80 Å². The fourth-order valence-electron chi connectivity index (χ4n) is 7.83. The molecule has 32 heavy (non-hydrogen) atoms. The van der Waals surface area contributed by atoms with Crippen molar-refractivity contribution < 1.29 is 14.7 Å². The normalized spacial score (nSPS) is 40.0. The topological polar surface area (TPSA) is 112 Å². The van der Waals surface area contributed by atoms with Gasteiger partial charge in [-0.2, -0.15) is 10.5 Å². The molecule has 6 rings (SSSR count). The summed E-state index contributed by atoms with van der Waals surface area (Å²) in [6, 6.07) is 3.71. The molecule has 6 aliphatic rings. The van der Waals surface area contributed by atoms with Crippen molar-refractivity contribution in [3.8, 4) is 12.1 Å². The van der Waals surface area contributed by atoms with Crippen LogP contribution >= 0.6 is 0 Å². The lowest BCUT2D eigenvalue weighted by Crippen LogP contribution is -2.67. The van der Waals surface area contributed by atoms with Gasteiger partial charge in [-0.15, -0.1) is 0 Å². The monoisotopic (exact) mass is 439 g/mol. The third kappa shape index (κ3) is 3.68. The lowest BCUT2D eigenvalue weighted by molar-refractivity contribution is -0.181. The predicted octanol–water partition coefficient (Wildman–Crippen LogP) is 1.40. The molecule has 0 spiro atoms. The van der Waals surface area contributed by atoms with Gasteiger partial charge in [0, 0.05) is 18.6 Å². The molecule has 0 aromatic heterocycles. The van der Waals surface area contributed by atoms with Crippen LogP contribution in [0.4, 0.5) is 0 Å². The van der Waals surface area contributed by atoms with Gasteiger partial charge in [-0.3, -0.25) is 14.5 Å². The second kappa shape index (κ2) is 8.01. The van der Waals surface area contributed by atoms with Gasteiger partial charge in [0.15, 0.2) is 0 Å². The van der Waals surface area contributed by atoms with E-state index in [9.17, 15) is 25.2 Å². The molecule has 2 aliphatic heterocycles. The zero-order valence-corrected chi connectivity index (χ0v) is 18.7.